The van der Waals surface area contributed by atoms with E-state index in [1.165, 1.54) is 11.0 Å². The zero-order chi connectivity index (χ0) is 23.0. The lowest BCUT2D eigenvalue weighted by molar-refractivity contribution is -0.137. The predicted molar refractivity (Wildman–Crippen MR) is 114 cm³/mol. The highest BCUT2D eigenvalue weighted by Gasteiger charge is 2.31. The first-order valence-corrected chi connectivity index (χ1v) is 11.8. The quantitative estimate of drug-likeness (QED) is 0.545. The van der Waals surface area contributed by atoms with Crippen LogP contribution in [-0.2, 0) is 16.0 Å². The SMILES string of the molecule is CN(C)CCN(C(=O)c1ccc(C(F)(F)F)cc1)c1nc2c(S(C)(=O)=O)cccc2s1. The number of hydrogen-bond acceptors (Lipinski definition) is 6. The van der Waals surface area contributed by atoms with Gasteiger partial charge < -0.3 is 4.90 Å². The fourth-order valence-electron chi connectivity index (χ4n) is 2.87. The smallest absolute Gasteiger partial charge is 0.308 e. The number of rotatable bonds is 6. The maximum absolute atomic E-state index is 13.2. The van der Waals surface area contributed by atoms with Crippen LogP contribution in [0.2, 0.25) is 0 Å². The second-order valence-corrected chi connectivity index (χ2v) is 10.2. The van der Waals surface area contributed by atoms with Crippen LogP contribution >= 0.6 is 11.3 Å². The van der Waals surface area contributed by atoms with E-state index in [1.807, 2.05) is 19.0 Å². The second-order valence-electron chi connectivity index (χ2n) is 7.21. The van der Waals surface area contributed by atoms with Crippen LogP contribution in [0.5, 0.6) is 0 Å². The van der Waals surface area contributed by atoms with Crippen LogP contribution < -0.4 is 4.90 Å². The van der Waals surface area contributed by atoms with Crippen molar-refractivity contribution in [2.75, 3.05) is 38.3 Å². The fraction of sp³-hybridized carbons (Fsp3) is 0.300. The Labute approximate surface area is 181 Å². The normalized spacial score (nSPS) is 12.5. The lowest BCUT2D eigenvalue weighted by Gasteiger charge is -2.22. The number of benzene rings is 2. The molecule has 0 aliphatic carbocycles. The molecule has 0 aliphatic rings. The van der Waals surface area contributed by atoms with Crippen molar-refractivity contribution in [2.45, 2.75) is 11.1 Å². The number of anilines is 1. The van der Waals surface area contributed by atoms with E-state index < -0.39 is 27.5 Å². The Hall–Kier alpha value is -2.50. The Balaban J connectivity index is 2.04. The second kappa shape index (κ2) is 8.56. The van der Waals surface area contributed by atoms with Gasteiger partial charge in [-0.2, -0.15) is 13.2 Å². The number of hydrogen-bond donors (Lipinski definition) is 0. The molecule has 3 aromatic rings. The largest absolute Gasteiger partial charge is 0.416 e. The molecule has 0 spiro atoms. The summed E-state index contributed by atoms with van der Waals surface area (Å²) in [6.45, 7) is 0.697. The van der Waals surface area contributed by atoms with Crippen molar-refractivity contribution >= 4 is 42.4 Å². The lowest BCUT2D eigenvalue weighted by atomic mass is 10.1. The number of thiazole rings is 1. The summed E-state index contributed by atoms with van der Waals surface area (Å²) in [6, 6.07) is 8.73. The number of amides is 1. The molecule has 0 radical (unpaired) electrons. The highest BCUT2D eigenvalue weighted by Crippen LogP contribution is 2.34. The van der Waals surface area contributed by atoms with Crippen LogP contribution in [0.25, 0.3) is 10.2 Å². The molecule has 0 saturated heterocycles. The van der Waals surface area contributed by atoms with Gasteiger partial charge in [-0.15, -0.1) is 0 Å². The molecule has 0 atom stereocenters. The van der Waals surface area contributed by atoms with Crippen LogP contribution in [-0.4, -0.2) is 57.6 Å². The highest BCUT2D eigenvalue weighted by molar-refractivity contribution is 7.91. The fourth-order valence-corrected chi connectivity index (χ4v) is 4.78. The highest BCUT2D eigenvalue weighted by atomic mass is 32.2. The van der Waals surface area contributed by atoms with Gasteiger partial charge in [-0.05, 0) is 50.5 Å². The van der Waals surface area contributed by atoms with E-state index in [0.29, 0.717) is 11.2 Å². The average Bonchev–Trinajstić information content (AvgIpc) is 3.10. The van der Waals surface area contributed by atoms with Gasteiger partial charge in [0.1, 0.15) is 5.52 Å². The minimum absolute atomic E-state index is 0.0574. The number of nitrogens with zero attached hydrogens (tertiary/aromatic N) is 3. The summed E-state index contributed by atoms with van der Waals surface area (Å²) >= 11 is 1.15. The van der Waals surface area contributed by atoms with Crippen molar-refractivity contribution in [2.24, 2.45) is 0 Å². The van der Waals surface area contributed by atoms with Gasteiger partial charge >= 0.3 is 6.18 Å². The van der Waals surface area contributed by atoms with Crippen molar-refractivity contribution in [3.63, 3.8) is 0 Å². The summed E-state index contributed by atoms with van der Waals surface area (Å²) in [6.07, 6.45) is -3.42. The zero-order valence-corrected chi connectivity index (χ0v) is 18.6. The lowest BCUT2D eigenvalue weighted by Crippen LogP contribution is -2.36. The first-order chi connectivity index (χ1) is 14.4. The number of likely N-dealkylation sites (N-methyl/N-ethyl adjacent to an activating group) is 1. The van der Waals surface area contributed by atoms with Gasteiger partial charge in [0.2, 0.25) is 0 Å². The summed E-state index contributed by atoms with van der Waals surface area (Å²) in [5.41, 5.74) is -0.504. The third-order valence-electron chi connectivity index (χ3n) is 4.48. The topological polar surface area (TPSA) is 70.6 Å². The molecular formula is C20H20F3N3O3S2. The summed E-state index contributed by atoms with van der Waals surface area (Å²) < 4.78 is 63.3. The molecule has 1 aromatic heterocycles. The minimum atomic E-state index is -4.50. The van der Waals surface area contributed by atoms with E-state index in [4.69, 9.17) is 0 Å². The van der Waals surface area contributed by atoms with Crippen LogP contribution in [0.1, 0.15) is 15.9 Å². The molecular weight excluding hydrogens is 451 g/mol. The predicted octanol–water partition coefficient (Wildman–Crippen LogP) is 3.93. The summed E-state index contributed by atoms with van der Waals surface area (Å²) in [7, 11) is 0.108. The Bertz CT molecular complexity index is 1200. The Morgan fingerprint density at radius 3 is 2.26 bits per heavy atom. The monoisotopic (exact) mass is 471 g/mol. The molecule has 2 aromatic carbocycles. The van der Waals surface area contributed by atoms with Gasteiger partial charge in [-0.25, -0.2) is 13.4 Å². The van der Waals surface area contributed by atoms with Crippen molar-refractivity contribution in [3.05, 3.63) is 53.6 Å². The van der Waals surface area contributed by atoms with Crippen molar-refractivity contribution in [1.29, 1.82) is 0 Å². The van der Waals surface area contributed by atoms with E-state index >= 15 is 0 Å². The van der Waals surface area contributed by atoms with E-state index in [-0.39, 0.29) is 27.7 Å². The molecule has 0 saturated carbocycles. The van der Waals surface area contributed by atoms with Gasteiger partial charge in [-0.3, -0.25) is 9.69 Å². The molecule has 166 valence electrons. The molecule has 0 bridgehead atoms. The van der Waals surface area contributed by atoms with Gasteiger partial charge in [0.05, 0.1) is 15.2 Å². The molecule has 11 heteroatoms. The zero-order valence-electron chi connectivity index (χ0n) is 17.0. The molecule has 0 unspecified atom stereocenters. The Morgan fingerprint density at radius 2 is 1.71 bits per heavy atom. The van der Waals surface area contributed by atoms with E-state index in [0.717, 1.165) is 41.9 Å². The molecule has 3 rings (SSSR count). The molecule has 31 heavy (non-hydrogen) atoms. The third-order valence-corrected chi connectivity index (χ3v) is 6.65. The van der Waals surface area contributed by atoms with Gasteiger partial charge in [0.15, 0.2) is 15.0 Å². The maximum atomic E-state index is 13.2. The summed E-state index contributed by atoms with van der Waals surface area (Å²) in [5.74, 6) is -0.518. The number of halogens is 3. The van der Waals surface area contributed by atoms with E-state index in [2.05, 4.69) is 4.98 Å². The Morgan fingerprint density at radius 1 is 1.06 bits per heavy atom. The van der Waals surface area contributed by atoms with E-state index in [1.54, 1.807) is 12.1 Å². The molecule has 0 N–H and O–H groups in total. The first-order valence-electron chi connectivity index (χ1n) is 9.11. The van der Waals surface area contributed by atoms with Crippen LogP contribution in [0.4, 0.5) is 18.3 Å². The number of para-hydroxylation sites is 1. The minimum Gasteiger partial charge on any atom is -0.308 e. The number of aromatic nitrogens is 1. The molecule has 1 amide bonds. The molecule has 1 heterocycles. The van der Waals surface area contributed by atoms with Crippen molar-refractivity contribution < 1.29 is 26.4 Å². The van der Waals surface area contributed by atoms with Crippen LogP contribution in [0.15, 0.2) is 47.4 Å². The van der Waals surface area contributed by atoms with Gasteiger partial charge in [0.25, 0.3) is 5.91 Å². The summed E-state index contributed by atoms with van der Waals surface area (Å²) in [4.78, 5) is 20.8. The standard InChI is InChI=1S/C20H20F3N3O3S2/c1-25(2)11-12-26(18(27)13-7-9-14(10-8-13)20(21,22)23)19-24-17-15(30-19)5-4-6-16(17)31(3,28)29/h4-10H,11-12H2,1-3H3. The number of sulfone groups is 1. The number of alkyl halides is 3. The van der Waals surface area contributed by atoms with Gasteiger partial charge in [0, 0.05) is 24.9 Å². The number of carbonyl (C=O) groups excluding carboxylic acids is 1. The molecule has 6 nitrogen and oxygen atoms in total. The maximum Gasteiger partial charge on any atom is 0.416 e. The van der Waals surface area contributed by atoms with Crippen molar-refractivity contribution in [3.8, 4) is 0 Å². The molecule has 0 aliphatic heterocycles. The van der Waals surface area contributed by atoms with Crippen molar-refractivity contribution in [1.82, 2.24) is 9.88 Å². The van der Waals surface area contributed by atoms with Crippen LogP contribution in [0, 0.1) is 0 Å². The summed E-state index contributed by atoms with van der Waals surface area (Å²) in [5, 5.41) is 0.276. The number of fused-ring (bicyclic) bond motifs is 1. The third kappa shape index (κ3) is 5.23. The molecule has 0 fully saturated rings. The Kier molecular flexibility index (Phi) is 6.40. The number of carbonyl (C=O) groups is 1. The average molecular weight is 472 g/mol. The van der Waals surface area contributed by atoms with Gasteiger partial charge in [-0.1, -0.05) is 17.4 Å². The van der Waals surface area contributed by atoms with E-state index in [9.17, 15) is 26.4 Å². The first kappa shape index (κ1) is 23.2. The van der Waals surface area contributed by atoms with Crippen LogP contribution in [0.3, 0.4) is 0 Å².